The van der Waals surface area contributed by atoms with Crippen molar-refractivity contribution in [2.75, 3.05) is 6.61 Å². The van der Waals surface area contributed by atoms with Crippen molar-refractivity contribution in [2.24, 2.45) is 0 Å². The number of hydrogen-bond acceptors (Lipinski definition) is 4. The van der Waals surface area contributed by atoms with Gasteiger partial charge in [0.05, 0.1) is 18.2 Å². The molecular weight excluding hydrogens is 270 g/mol. The number of benzene rings is 1. The molecule has 0 spiro atoms. The number of nitrogens with one attached hydrogen (secondary N) is 1. The van der Waals surface area contributed by atoms with Crippen LogP contribution in [-0.2, 0) is 16.1 Å². The van der Waals surface area contributed by atoms with Crippen LogP contribution in [0, 0.1) is 0 Å². The normalized spacial score (nSPS) is 23.3. The maximum Gasteiger partial charge on any atom is 0.407 e. The molecule has 21 heavy (non-hydrogen) atoms. The molecule has 2 N–H and O–H groups in total. The van der Waals surface area contributed by atoms with E-state index in [2.05, 4.69) is 5.32 Å². The lowest BCUT2D eigenvalue weighted by Gasteiger charge is -2.32. The predicted octanol–water partition coefficient (Wildman–Crippen LogP) is 2.23. The fraction of sp³-hybridized carbons (Fsp3) is 0.562. The van der Waals surface area contributed by atoms with Crippen LogP contribution in [0.2, 0.25) is 0 Å². The summed E-state index contributed by atoms with van der Waals surface area (Å²) >= 11 is 0. The highest BCUT2D eigenvalue weighted by molar-refractivity contribution is 5.67. The lowest BCUT2D eigenvalue weighted by molar-refractivity contribution is -0.0591. The monoisotopic (exact) mass is 293 g/mol. The molecular formula is C16H23NO4. The molecule has 1 aliphatic rings. The van der Waals surface area contributed by atoms with Crippen molar-refractivity contribution in [2.45, 2.75) is 51.0 Å². The zero-order chi connectivity index (χ0) is 15.1. The van der Waals surface area contributed by atoms with Crippen LogP contribution in [0.25, 0.3) is 0 Å². The van der Waals surface area contributed by atoms with Crippen molar-refractivity contribution >= 4 is 6.09 Å². The van der Waals surface area contributed by atoms with Crippen molar-refractivity contribution in [3.05, 3.63) is 35.9 Å². The van der Waals surface area contributed by atoms with Gasteiger partial charge in [-0.3, -0.25) is 0 Å². The van der Waals surface area contributed by atoms with Gasteiger partial charge in [0.1, 0.15) is 6.61 Å². The topological polar surface area (TPSA) is 67.8 Å². The number of carbonyl (C=O) groups excluding carboxylic acids is 1. The molecule has 0 bridgehead atoms. The van der Waals surface area contributed by atoms with Crippen LogP contribution in [0.15, 0.2) is 30.3 Å². The first-order chi connectivity index (χ1) is 10.2. The van der Waals surface area contributed by atoms with Crippen LogP contribution in [0.4, 0.5) is 4.79 Å². The summed E-state index contributed by atoms with van der Waals surface area (Å²) in [6.45, 7) is 2.76. The van der Waals surface area contributed by atoms with Gasteiger partial charge in [0, 0.05) is 13.0 Å². The molecule has 116 valence electrons. The van der Waals surface area contributed by atoms with Crippen LogP contribution >= 0.6 is 0 Å². The molecule has 0 saturated carbocycles. The van der Waals surface area contributed by atoms with Gasteiger partial charge in [0.25, 0.3) is 0 Å². The lowest BCUT2D eigenvalue weighted by Crippen LogP contribution is -2.47. The standard InChI is InChI=1S/C16H23NO4/c1-2-14(15-10-13(18)8-9-20-15)17-16(19)21-11-12-6-4-3-5-7-12/h3-7,13-15,18H,2,8-11H2,1H3,(H,17,19)/t13?,14-,15?/m1/s1. The third-order valence-electron chi connectivity index (χ3n) is 3.69. The van der Waals surface area contributed by atoms with Gasteiger partial charge in [-0.25, -0.2) is 4.79 Å². The minimum Gasteiger partial charge on any atom is -0.445 e. The van der Waals surface area contributed by atoms with Crippen LogP contribution in [0.3, 0.4) is 0 Å². The van der Waals surface area contributed by atoms with E-state index in [9.17, 15) is 9.90 Å². The van der Waals surface area contributed by atoms with Gasteiger partial charge in [-0.1, -0.05) is 37.3 Å². The Morgan fingerprint density at radius 2 is 2.24 bits per heavy atom. The molecule has 1 amide bonds. The Morgan fingerprint density at radius 3 is 2.90 bits per heavy atom. The van der Waals surface area contributed by atoms with E-state index in [0.29, 0.717) is 19.4 Å². The van der Waals surface area contributed by atoms with Crippen LogP contribution in [-0.4, -0.2) is 36.1 Å². The first-order valence-electron chi connectivity index (χ1n) is 7.46. The van der Waals surface area contributed by atoms with Gasteiger partial charge in [-0.05, 0) is 18.4 Å². The molecule has 3 atom stereocenters. The summed E-state index contributed by atoms with van der Waals surface area (Å²) < 4.78 is 10.8. The third-order valence-corrected chi connectivity index (χ3v) is 3.69. The molecule has 1 aliphatic heterocycles. The highest BCUT2D eigenvalue weighted by atomic mass is 16.5. The molecule has 0 aliphatic carbocycles. The molecule has 1 heterocycles. The van der Waals surface area contributed by atoms with Crippen LogP contribution in [0.5, 0.6) is 0 Å². The summed E-state index contributed by atoms with van der Waals surface area (Å²) in [5.74, 6) is 0. The Kier molecular flexibility index (Phi) is 6.02. The lowest BCUT2D eigenvalue weighted by atomic mass is 9.98. The van der Waals surface area contributed by atoms with Crippen molar-refractivity contribution in [1.82, 2.24) is 5.32 Å². The van der Waals surface area contributed by atoms with E-state index >= 15 is 0 Å². The summed E-state index contributed by atoms with van der Waals surface area (Å²) in [5, 5.41) is 12.5. The molecule has 2 unspecified atom stereocenters. The fourth-order valence-electron chi connectivity index (χ4n) is 2.46. The summed E-state index contributed by atoms with van der Waals surface area (Å²) in [5.41, 5.74) is 0.949. The number of alkyl carbamates (subject to hydrolysis) is 1. The Balaban J connectivity index is 1.79. The van der Waals surface area contributed by atoms with Crippen LogP contribution in [0.1, 0.15) is 31.7 Å². The van der Waals surface area contributed by atoms with E-state index in [1.807, 2.05) is 37.3 Å². The second-order valence-corrected chi connectivity index (χ2v) is 5.31. The maximum absolute atomic E-state index is 11.9. The molecule has 1 saturated heterocycles. The Bertz CT molecular complexity index is 437. The molecule has 0 aromatic heterocycles. The van der Waals surface area contributed by atoms with E-state index in [0.717, 1.165) is 12.0 Å². The van der Waals surface area contributed by atoms with E-state index in [4.69, 9.17) is 9.47 Å². The average molecular weight is 293 g/mol. The summed E-state index contributed by atoms with van der Waals surface area (Å²) in [6.07, 6.45) is 0.998. The SMILES string of the molecule is CC[C@@H](NC(=O)OCc1ccccc1)C1CC(O)CCO1. The quantitative estimate of drug-likeness (QED) is 0.873. The van der Waals surface area contributed by atoms with Crippen molar-refractivity contribution in [1.29, 1.82) is 0 Å². The van der Waals surface area contributed by atoms with E-state index in [1.54, 1.807) is 0 Å². The molecule has 2 rings (SSSR count). The highest BCUT2D eigenvalue weighted by Gasteiger charge is 2.28. The molecule has 1 aromatic carbocycles. The van der Waals surface area contributed by atoms with Crippen molar-refractivity contribution < 1.29 is 19.4 Å². The number of carbonyl (C=O) groups is 1. The number of rotatable bonds is 5. The Morgan fingerprint density at radius 1 is 1.48 bits per heavy atom. The largest absolute Gasteiger partial charge is 0.445 e. The maximum atomic E-state index is 11.9. The minimum absolute atomic E-state index is 0.136. The first-order valence-corrected chi connectivity index (χ1v) is 7.46. The highest BCUT2D eigenvalue weighted by Crippen LogP contribution is 2.18. The molecule has 1 fully saturated rings. The van der Waals surface area contributed by atoms with Crippen molar-refractivity contribution in [3.63, 3.8) is 0 Å². The second-order valence-electron chi connectivity index (χ2n) is 5.31. The van der Waals surface area contributed by atoms with Gasteiger partial charge in [-0.15, -0.1) is 0 Å². The molecule has 1 aromatic rings. The van der Waals surface area contributed by atoms with E-state index in [-0.39, 0.29) is 24.9 Å². The zero-order valence-corrected chi connectivity index (χ0v) is 12.3. The minimum atomic E-state index is -0.450. The zero-order valence-electron chi connectivity index (χ0n) is 12.3. The van der Waals surface area contributed by atoms with Gasteiger partial charge >= 0.3 is 6.09 Å². The Hall–Kier alpha value is -1.59. The molecule has 5 nitrogen and oxygen atoms in total. The number of hydrogen-bond donors (Lipinski definition) is 2. The average Bonchev–Trinajstić information content (AvgIpc) is 2.51. The summed E-state index contributed by atoms with van der Waals surface area (Å²) in [6, 6.07) is 9.41. The number of aliphatic hydroxyl groups is 1. The Labute approximate surface area is 125 Å². The third kappa shape index (κ3) is 5.02. The van der Waals surface area contributed by atoms with Gasteiger partial charge in [0.2, 0.25) is 0 Å². The van der Waals surface area contributed by atoms with E-state index in [1.165, 1.54) is 0 Å². The second kappa shape index (κ2) is 8.00. The van der Waals surface area contributed by atoms with Gasteiger partial charge < -0.3 is 19.9 Å². The van der Waals surface area contributed by atoms with Gasteiger partial charge in [0.15, 0.2) is 0 Å². The number of ether oxygens (including phenoxy) is 2. The fourth-order valence-corrected chi connectivity index (χ4v) is 2.46. The summed E-state index contributed by atoms with van der Waals surface area (Å²) in [7, 11) is 0. The summed E-state index contributed by atoms with van der Waals surface area (Å²) in [4.78, 5) is 11.9. The van der Waals surface area contributed by atoms with Crippen molar-refractivity contribution in [3.8, 4) is 0 Å². The predicted molar refractivity (Wildman–Crippen MR) is 78.8 cm³/mol. The number of amides is 1. The molecule has 5 heteroatoms. The number of aliphatic hydroxyl groups excluding tert-OH is 1. The first kappa shape index (κ1) is 15.8. The van der Waals surface area contributed by atoms with E-state index < -0.39 is 6.09 Å². The molecule has 0 radical (unpaired) electrons. The smallest absolute Gasteiger partial charge is 0.407 e. The van der Waals surface area contributed by atoms with Crippen LogP contribution < -0.4 is 5.32 Å². The van der Waals surface area contributed by atoms with Gasteiger partial charge in [-0.2, -0.15) is 0 Å².